The van der Waals surface area contributed by atoms with Gasteiger partial charge < -0.3 is 4.90 Å². The van der Waals surface area contributed by atoms with Gasteiger partial charge in [0.1, 0.15) is 0 Å². The van der Waals surface area contributed by atoms with Crippen molar-refractivity contribution in [1.82, 2.24) is 4.90 Å². The van der Waals surface area contributed by atoms with Crippen molar-refractivity contribution in [2.24, 2.45) is 0 Å². The van der Waals surface area contributed by atoms with Gasteiger partial charge >= 0.3 is 0 Å². The Labute approximate surface area is 126 Å². The molecular formula is C14H20Cl3N. The third kappa shape index (κ3) is 4.62. The largest absolute Gasteiger partial charge is 0.302 e. The van der Waals surface area contributed by atoms with Crippen LogP contribution >= 0.6 is 35.6 Å². The average molecular weight is 309 g/mol. The monoisotopic (exact) mass is 307 g/mol. The second-order valence-electron chi connectivity index (χ2n) is 4.69. The van der Waals surface area contributed by atoms with E-state index in [0.717, 1.165) is 12.1 Å². The molecule has 102 valence electrons. The van der Waals surface area contributed by atoms with Gasteiger partial charge in [-0.15, -0.1) is 35.6 Å². The predicted octanol–water partition coefficient (Wildman–Crippen LogP) is 4.48. The fraction of sp³-hybridized carbons (Fsp3) is 0.571. The van der Waals surface area contributed by atoms with Crippen LogP contribution in [0.3, 0.4) is 0 Å². The summed E-state index contributed by atoms with van der Waals surface area (Å²) in [7, 11) is 0. The number of piperidine rings is 1. The van der Waals surface area contributed by atoms with E-state index < -0.39 is 0 Å². The molecule has 1 saturated heterocycles. The Morgan fingerprint density at radius 2 is 1.61 bits per heavy atom. The van der Waals surface area contributed by atoms with Gasteiger partial charge in [-0.2, -0.15) is 0 Å². The van der Waals surface area contributed by atoms with Gasteiger partial charge in [0.05, 0.1) is 10.8 Å². The molecule has 0 amide bonds. The Balaban J connectivity index is 0.00000162. The van der Waals surface area contributed by atoms with Gasteiger partial charge in [-0.1, -0.05) is 36.8 Å². The van der Waals surface area contributed by atoms with Gasteiger partial charge in [-0.25, -0.2) is 0 Å². The summed E-state index contributed by atoms with van der Waals surface area (Å²) in [5.41, 5.74) is 1.12. The van der Waals surface area contributed by atoms with Gasteiger partial charge in [0, 0.05) is 6.54 Å². The summed E-state index contributed by atoms with van der Waals surface area (Å²) in [6.45, 7) is 3.23. The van der Waals surface area contributed by atoms with Crippen LogP contribution in [0.4, 0.5) is 0 Å². The van der Waals surface area contributed by atoms with E-state index in [1.54, 1.807) is 0 Å². The molecule has 1 heterocycles. The van der Waals surface area contributed by atoms with E-state index in [0.29, 0.717) is 0 Å². The summed E-state index contributed by atoms with van der Waals surface area (Å²) in [4.78, 5) is 2.43. The molecular weight excluding hydrogens is 289 g/mol. The van der Waals surface area contributed by atoms with Crippen molar-refractivity contribution in [2.45, 2.75) is 30.0 Å². The third-order valence-electron chi connectivity index (χ3n) is 3.32. The molecule has 1 aliphatic heterocycles. The molecule has 0 saturated carbocycles. The first-order chi connectivity index (χ1) is 8.27. The summed E-state index contributed by atoms with van der Waals surface area (Å²) < 4.78 is 0. The maximum absolute atomic E-state index is 6.43. The number of rotatable bonds is 4. The Kier molecular flexibility index (Phi) is 7.40. The molecule has 2 unspecified atom stereocenters. The minimum Gasteiger partial charge on any atom is -0.302 e. The van der Waals surface area contributed by atoms with Crippen molar-refractivity contribution in [2.75, 3.05) is 19.6 Å². The Hall–Kier alpha value is 0.0500. The molecule has 0 radical (unpaired) electrons. The maximum Gasteiger partial charge on any atom is 0.0761 e. The second kappa shape index (κ2) is 8.27. The third-order valence-corrected chi connectivity index (χ3v) is 4.39. The average Bonchev–Trinajstić information content (AvgIpc) is 2.40. The molecule has 1 aromatic rings. The van der Waals surface area contributed by atoms with Gasteiger partial charge in [0.2, 0.25) is 0 Å². The highest BCUT2D eigenvalue weighted by Gasteiger charge is 2.22. The number of alkyl halides is 2. The van der Waals surface area contributed by atoms with E-state index in [9.17, 15) is 0 Å². The first kappa shape index (κ1) is 16.1. The molecule has 0 N–H and O–H groups in total. The first-order valence-electron chi connectivity index (χ1n) is 6.33. The lowest BCUT2D eigenvalue weighted by Gasteiger charge is -2.29. The maximum atomic E-state index is 6.43. The molecule has 0 spiro atoms. The fourth-order valence-electron chi connectivity index (χ4n) is 2.33. The molecule has 0 aliphatic carbocycles. The van der Waals surface area contributed by atoms with Crippen LogP contribution in [-0.4, -0.2) is 29.9 Å². The molecule has 1 fully saturated rings. The van der Waals surface area contributed by atoms with Crippen molar-refractivity contribution in [3.8, 4) is 0 Å². The van der Waals surface area contributed by atoms with Crippen LogP contribution in [0.15, 0.2) is 30.3 Å². The minimum absolute atomic E-state index is 0. The van der Waals surface area contributed by atoms with Gasteiger partial charge in [-0.05, 0) is 31.5 Å². The number of hydrogen-bond donors (Lipinski definition) is 0. The number of nitrogens with zero attached hydrogens (tertiary/aromatic N) is 1. The highest BCUT2D eigenvalue weighted by Crippen LogP contribution is 2.28. The standard InChI is InChI=1S/C14H19Cl2N.ClH/c15-13(11-17-9-5-2-6-10-17)14(16)12-7-3-1-4-8-12;/h1,3-4,7-8,13-14H,2,5-6,9-11H2;1H. The van der Waals surface area contributed by atoms with Crippen LogP contribution in [-0.2, 0) is 0 Å². The fourth-order valence-corrected chi connectivity index (χ4v) is 2.89. The van der Waals surface area contributed by atoms with Gasteiger partial charge in [-0.3, -0.25) is 0 Å². The van der Waals surface area contributed by atoms with E-state index in [4.69, 9.17) is 23.2 Å². The minimum atomic E-state index is -0.0974. The van der Waals surface area contributed by atoms with Crippen molar-refractivity contribution in [3.63, 3.8) is 0 Å². The van der Waals surface area contributed by atoms with Gasteiger partial charge in [0.15, 0.2) is 0 Å². The molecule has 0 bridgehead atoms. The van der Waals surface area contributed by atoms with Crippen LogP contribution in [0.25, 0.3) is 0 Å². The zero-order valence-corrected chi connectivity index (χ0v) is 12.7. The van der Waals surface area contributed by atoms with Crippen LogP contribution in [0, 0.1) is 0 Å². The second-order valence-corrected chi connectivity index (χ2v) is 5.72. The highest BCUT2D eigenvalue weighted by atomic mass is 35.5. The predicted molar refractivity (Wildman–Crippen MR) is 82.2 cm³/mol. The first-order valence-corrected chi connectivity index (χ1v) is 7.20. The van der Waals surface area contributed by atoms with Crippen molar-refractivity contribution in [1.29, 1.82) is 0 Å². The van der Waals surface area contributed by atoms with Crippen LogP contribution in [0.2, 0.25) is 0 Å². The van der Waals surface area contributed by atoms with Crippen molar-refractivity contribution >= 4 is 35.6 Å². The van der Waals surface area contributed by atoms with Crippen LogP contribution < -0.4 is 0 Å². The van der Waals surface area contributed by atoms with E-state index in [-0.39, 0.29) is 23.2 Å². The SMILES string of the molecule is Cl.ClC(CN1CCCCC1)C(Cl)c1ccccc1. The molecule has 2 rings (SSSR count). The molecule has 18 heavy (non-hydrogen) atoms. The summed E-state index contributed by atoms with van der Waals surface area (Å²) in [5.74, 6) is 0. The molecule has 1 aromatic carbocycles. The zero-order chi connectivity index (χ0) is 12.1. The van der Waals surface area contributed by atoms with Crippen molar-refractivity contribution < 1.29 is 0 Å². The molecule has 1 aliphatic rings. The number of hydrogen-bond acceptors (Lipinski definition) is 1. The summed E-state index contributed by atoms with van der Waals surface area (Å²) in [6.07, 6.45) is 3.94. The molecule has 0 aromatic heterocycles. The van der Waals surface area contributed by atoms with Crippen molar-refractivity contribution in [3.05, 3.63) is 35.9 Å². The molecule has 4 heteroatoms. The van der Waals surface area contributed by atoms with Gasteiger partial charge in [0.25, 0.3) is 0 Å². The summed E-state index contributed by atoms with van der Waals surface area (Å²) >= 11 is 12.8. The smallest absolute Gasteiger partial charge is 0.0761 e. The van der Waals surface area contributed by atoms with E-state index in [2.05, 4.69) is 4.90 Å². The Morgan fingerprint density at radius 3 is 2.22 bits per heavy atom. The summed E-state index contributed by atoms with van der Waals surface area (Å²) in [5, 5.41) is -0.114. The number of halogens is 3. The summed E-state index contributed by atoms with van der Waals surface area (Å²) in [6, 6.07) is 10.1. The molecule has 1 nitrogen and oxygen atoms in total. The van der Waals surface area contributed by atoms with E-state index in [1.807, 2.05) is 30.3 Å². The normalized spacial score (nSPS) is 19.9. The molecule has 2 atom stereocenters. The lowest BCUT2D eigenvalue weighted by atomic mass is 10.1. The lowest BCUT2D eigenvalue weighted by Crippen LogP contribution is -2.35. The highest BCUT2D eigenvalue weighted by molar-refractivity contribution is 6.30. The van der Waals surface area contributed by atoms with E-state index in [1.165, 1.54) is 32.4 Å². The topological polar surface area (TPSA) is 3.24 Å². The lowest BCUT2D eigenvalue weighted by molar-refractivity contribution is 0.227. The Bertz CT molecular complexity index is 325. The van der Waals surface area contributed by atoms with Crippen LogP contribution in [0.5, 0.6) is 0 Å². The number of likely N-dealkylation sites (tertiary alicyclic amines) is 1. The number of benzene rings is 1. The van der Waals surface area contributed by atoms with E-state index >= 15 is 0 Å². The van der Waals surface area contributed by atoms with Crippen LogP contribution in [0.1, 0.15) is 30.2 Å². The zero-order valence-electron chi connectivity index (χ0n) is 10.4. The Morgan fingerprint density at radius 1 is 1.00 bits per heavy atom. The quantitative estimate of drug-likeness (QED) is 0.741.